The first kappa shape index (κ1) is 14.5. The lowest BCUT2D eigenvalue weighted by molar-refractivity contribution is 0.744. The molecule has 0 bridgehead atoms. The summed E-state index contributed by atoms with van der Waals surface area (Å²) in [6.45, 7) is 1.00. The molecule has 80 valence electrons. The second-order valence-electron chi connectivity index (χ2n) is 3.37. The third-order valence-corrected chi connectivity index (χ3v) is 9.57. The lowest BCUT2D eigenvalue weighted by Gasteiger charge is -2.22. The fourth-order valence-electron chi connectivity index (χ4n) is 0.557. The summed E-state index contributed by atoms with van der Waals surface area (Å²) in [7, 11) is -1.81. The standard InChI is InChI=1S/C3H10Cl2F2N2P2SSi/c1-13(2,3)9-10(4,5)8-11(6,7)12/h9H,1-3H3. The molecule has 0 unspecified atom stereocenters. The highest BCUT2D eigenvalue weighted by Gasteiger charge is 2.26. The van der Waals surface area contributed by atoms with Gasteiger partial charge in [-0.25, -0.2) is 0 Å². The van der Waals surface area contributed by atoms with Crippen LogP contribution in [-0.4, -0.2) is 8.24 Å². The van der Waals surface area contributed by atoms with E-state index in [1.54, 1.807) is 0 Å². The highest BCUT2D eigenvalue weighted by atomic mass is 35.9. The van der Waals surface area contributed by atoms with Crippen LogP contribution in [0.1, 0.15) is 0 Å². The first-order valence-electron chi connectivity index (χ1n) is 3.23. The Hall–Kier alpha value is 1.50. The van der Waals surface area contributed by atoms with Crippen molar-refractivity contribution in [2.45, 2.75) is 19.6 Å². The van der Waals surface area contributed by atoms with Crippen LogP contribution in [0.3, 0.4) is 0 Å². The summed E-state index contributed by atoms with van der Waals surface area (Å²) < 4.78 is 30.5. The maximum atomic E-state index is 12.4. The molecule has 0 atom stereocenters. The summed E-state index contributed by atoms with van der Waals surface area (Å²) in [5, 5.41) is 0. The van der Waals surface area contributed by atoms with Crippen molar-refractivity contribution in [1.29, 1.82) is 0 Å². The van der Waals surface area contributed by atoms with Gasteiger partial charge in [0.15, 0.2) is 0 Å². The van der Waals surface area contributed by atoms with E-state index in [1.165, 1.54) is 0 Å². The van der Waals surface area contributed by atoms with E-state index >= 15 is 0 Å². The van der Waals surface area contributed by atoms with Crippen molar-refractivity contribution in [3.8, 4) is 0 Å². The molecule has 2 nitrogen and oxygen atoms in total. The first-order valence-corrected chi connectivity index (χ1v) is 12.8. The second kappa shape index (κ2) is 4.56. The quantitative estimate of drug-likeness (QED) is 0.586. The van der Waals surface area contributed by atoms with E-state index in [0.717, 1.165) is 0 Å². The van der Waals surface area contributed by atoms with Crippen LogP contribution in [0.25, 0.3) is 0 Å². The van der Waals surface area contributed by atoms with Gasteiger partial charge in [0.25, 0.3) is 0 Å². The summed E-state index contributed by atoms with van der Waals surface area (Å²) in [5.74, 6) is -3.11. The third kappa shape index (κ3) is 9.79. The van der Waals surface area contributed by atoms with Crippen LogP contribution in [0.2, 0.25) is 19.6 Å². The lowest BCUT2D eigenvalue weighted by atomic mass is 11.8. The molecule has 0 aliphatic carbocycles. The second-order valence-corrected chi connectivity index (χ2v) is 16.1. The summed E-state index contributed by atoms with van der Waals surface area (Å²) in [6.07, 6.45) is 0. The minimum Gasteiger partial charge on any atom is -0.281 e. The zero-order valence-electron chi connectivity index (χ0n) is 7.26. The van der Waals surface area contributed by atoms with E-state index in [2.05, 4.69) is 21.1 Å². The maximum Gasteiger partial charge on any atom is 0.386 e. The van der Waals surface area contributed by atoms with E-state index in [1.807, 2.05) is 19.6 Å². The van der Waals surface area contributed by atoms with E-state index in [4.69, 9.17) is 22.5 Å². The van der Waals surface area contributed by atoms with Crippen LogP contribution >= 0.6 is 35.2 Å². The number of nitrogens with zero attached hydrogens (tertiary/aromatic N) is 1. The highest BCUT2D eigenvalue weighted by molar-refractivity contribution is 8.16. The monoisotopic (exact) mass is 304 g/mol. The van der Waals surface area contributed by atoms with Gasteiger partial charge in [0, 0.05) is 0 Å². The molecule has 0 aliphatic heterocycles. The molecule has 0 spiro atoms. The van der Waals surface area contributed by atoms with Gasteiger partial charge in [-0.2, -0.15) is 12.9 Å². The normalized spacial score (nSPS) is 14.4. The van der Waals surface area contributed by atoms with Crippen molar-refractivity contribution in [2.24, 2.45) is 4.52 Å². The van der Waals surface area contributed by atoms with Crippen molar-refractivity contribution >= 4 is 55.2 Å². The van der Waals surface area contributed by atoms with E-state index in [9.17, 15) is 8.39 Å². The van der Waals surface area contributed by atoms with Gasteiger partial charge >= 0.3 is 6.81 Å². The Morgan fingerprint density at radius 3 is 1.92 bits per heavy atom. The van der Waals surface area contributed by atoms with Gasteiger partial charge in [-0.05, 0) is 34.3 Å². The van der Waals surface area contributed by atoms with Crippen molar-refractivity contribution in [3.63, 3.8) is 0 Å². The smallest absolute Gasteiger partial charge is 0.281 e. The van der Waals surface area contributed by atoms with Gasteiger partial charge in [0.1, 0.15) is 8.24 Å². The zero-order valence-corrected chi connectivity index (χ0v) is 12.4. The average Bonchev–Trinajstić information content (AvgIpc) is 1.43. The topological polar surface area (TPSA) is 24.4 Å². The molecule has 0 radical (unpaired) electrons. The number of hydrogen-bond acceptors (Lipinski definition) is 1. The van der Waals surface area contributed by atoms with Gasteiger partial charge in [-0.3, -0.25) is 4.75 Å². The Morgan fingerprint density at radius 1 is 1.31 bits per heavy atom. The molecule has 10 heteroatoms. The van der Waals surface area contributed by atoms with Crippen LogP contribution < -0.4 is 4.75 Å². The summed E-state index contributed by atoms with van der Waals surface area (Å²) >= 11 is 15.1. The molecule has 1 N–H and O–H groups in total. The van der Waals surface area contributed by atoms with E-state index in [0.29, 0.717) is 0 Å². The predicted octanol–water partition coefficient (Wildman–Crippen LogP) is 5.00. The minimum atomic E-state index is -4.67. The van der Waals surface area contributed by atoms with Gasteiger partial charge in [-0.15, -0.1) is 0 Å². The third-order valence-electron chi connectivity index (χ3n) is 0.686. The predicted molar refractivity (Wildman–Crippen MR) is 64.0 cm³/mol. The largest absolute Gasteiger partial charge is 0.386 e. The van der Waals surface area contributed by atoms with Gasteiger partial charge in [0.05, 0.1) is 0 Å². The van der Waals surface area contributed by atoms with Crippen molar-refractivity contribution in [1.82, 2.24) is 4.75 Å². The fraction of sp³-hybridized carbons (Fsp3) is 1.00. The molecule has 0 amide bonds. The Kier molecular flexibility index (Phi) is 5.09. The molecule has 0 aromatic rings. The van der Waals surface area contributed by atoms with Gasteiger partial charge < -0.3 is 0 Å². The highest BCUT2D eigenvalue weighted by Crippen LogP contribution is 2.68. The first-order chi connectivity index (χ1) is 5.41. The minimum absolute atomic E-state index is 1.81. The van der Waals surface area contributed by atoms with Crippen molar-refractivity contribution < 1.29 is 8.39 Å². The summed E-state index contributed by atoms with van der Waals surface area (Å²) in [5.41, 5.74) is 0. The number of rotatable bonds is 3. The number of halogens is 4. The molecule has 0 rings (SSSR count). The molecule has 13 heavy (non-hydrogen) atoms. The Labute approximate surface area is 92.5 Å². The van der Waals surface area contributed by atoms with Crippen molar-refractivity contribution in [3.05, 3.63) is 0 Å². The average molecular weight is 305 g/mol. The fourth-order valence-corrected chi connectivity index (χ4v) is 13.2. The molecule has 0 fully saturated rings. The number of hydrogen-bond donors (Lipinski definition) is 1. The summed E-state index contributed by atoms with van der Waals surface area (Å²) in [4.78, 5) is 0. The van der Waals surface area contributed by atoms with Crippen LogP contribution in [0.4, 0.5) is 8.39 Å². The Morgan fingerprint density at radius 2 is 1.69 bits per heavy atom. The van der Waals surface area contributed by atoms with E-state index < -0.39 is 21.0 Å². The molecule has 0 saturated carbocycles. The molecule has 0 aliphatic rings. The zero-order chi connectivity index (χ0) is 10.9. The molecule has 0 aromatic heterocycles. The van der Waals surface area contributed by atoms with Crippen LogP contribution in [0.5, 0.6) is 0 Å². The maximum absolute atomic E-state index is 12.4. The van der Waals surface area contributed by atoms with E-state index in [-0.39, 0.29) is 0 Å². The molecule has 0 saturated heterocycles. The van der Waals surface area contributed by atoms with Crippen LogP contribution in [0.15, 0.2) is 4.52 Å². The molecule has 0 heterocycles. The van der Waals surface area contributed by atoms with Crippen molar-refractivity contribution in [2.75, 3.05) is 0 Å². The molecule has 0 aromatic carbocycles. The van der Waals surface area contributed by atoms with Gasteiger partial charge in [0.2, 0.25) is 5.91 Å². The molecular formula is C3H10Cl2F2N2P2SSi. The SMILES string of the molecule is C[Si](C)(C)NP(Cl)(Cl)=NP(F)(F)=S. The van der Waals surface area contributed by atoms with Crippen LogP contribution in [-0.2, 0) is 11.8 Å². The lowest BCUT2D eigenvalue weighted by Crippen LogP contribution is -2.36. The summed E-state index contributed by atoms with van der Waals surface area (Å²) in [6, 6.07) is 0. The Bertz CT molecular complexity index is 282. The number of nitrogens with one attached hydrogen (secondary N) is 1. The Balaban J connectivity index is 4.79. The van der Waals surface area contributed by atoms with Gasteiger partial charge in [-0.1, -0.05) is 19.6 Å². The van der Waals surface area contributed by atoms with Crippen LogP contribution in [0, 0.1) is 0 Å². The molecular weight excluding hydrogens is 295 g/mol.